The summed E-state index contributed by atoms with van der Waals surface area (Å²) in [5, 5.41) is 20.3. The summed E-state index contributed by atoms with van der Waals surface area (Å²) in [7, 11) is 1.45. The number of pyridine rings is 1. The first kappa shape index (κ1) is 24.2. The zero-order valence-electron chi connectivity index (χ0n) is 17.1. The van der Waals surface area contributed by atoms with Crippen molar-refractivity contribution < 1.29 is 27.2 Å². The Morgan fingerprint density at radius 1 is 1.18 bits per heavy atom. The lowest BCUT2D eigenvalue weighted by molar-refractivity contribution is -0.137. The van der Waals surface area contributed by atoms with Crippen molar-refractivity contribution in [3.05, 3.63) is 51.5 Å². The van der Waals surface area contributed by atoms with Crippen LogP contribution >= 0.6 is 11.3 Å². The topological polar surface area (TPSA) is 128 Å². The number of carbonyl (C=O) groups excluding carboxylic acids is 2. The molecule has 3 heterocycles. The lowest BCUT2D eigenvalue weighted by atomic mass is 10.2. The second-order valence-electron chi connectivity index (χ2n) is 6.76. The first-order valence-corrected chi connectivity index (χ1v) is 10.4. The van der Waals surface area contributed by atoms with Gasteiger partial charge in [0.1, 0.15) is 11.2 Å². The Hall–Kier alpha value is -3.49. The normalized spacial score (nSPS) is 12.4. The Kier molecular flexibility index (Phi) is 7.63. The maximum atomic E-state index is 14.3. The molecule has 2 N–H and O–H groups in total. The van der Waals surface area contributed by atoms with Crippen molar-refractivity contribution in [3.8, 4) is 0 Å². The second kappa shape index (κ2) is 10.4. The Labute approximate surface area is 188 Å². The van der Waals surface area contributed by atoms with Crippen LogP contribution in [-0.4, -0.2) is 55.2 Å². The third-order valence-corrected chi connectivity index (χ3v) is 5.28. The lowest BCUT2D eigenvalue weighted by Gasteiger charge is -2.07. The summed E-state index contributed by atoms with van der Waals surface area (Å²) < 4.78 is 53.1. The molecule has 1 atom stereocenters. The first-order valence-electron chi connectivity index (χ1n) is 9.54. The van der Waals surface area contributed by atoms with Gasteiger partial charge < -0.3 is 10.6 Å². The molecule has 0 saturated carbocycles. The quantitative estimate of drug-likeness (QED) is 0.442. The van der Waals surface area contributed by atoms with Crippen LogP contribution in [0.25, 0.3) is 0 Å². The highest BCUT2D eigenvalue weighted by Crippen LogP contribution is 2.28. The highest BCUT2D eigenvalue weighted by Gasteiger charge is 2.30. The van der Waals surface area contributed by atoms with Crippen molar-refractivity contribution in [1.82, 2.24) is 40.8 Å². The number of hydrogen-bond acceptors (Lipinski definition) is 8. The monoisotopic (exact) mass is 486 g/mol. The molecular weight excluding hydrogens is 468 g/mol. The van der Waals surface area contributed by atoms with Gasteiger partial charge >= 0.3 is 6.18 Å². The van der Waals surface area contributed by atoms with Crippen LogP contribution in [0.1, 0.15) is 43.0 Å². The highest BCUT2D eigenvalue weighted by molar-refractivity contribution is 7.13. The van der Waals surface area contributed by atoms with Crippen LogP contribution in [0.3, 0.4) is 0 Å². The lowest BCUT2D eigenvalue weighted by Crippen LogP contribution is -2.23. The molecule has 0 radical (unpaired) electrons. The maximum absolute atomic E-state index is 14.3. The van der Waals surface area contributed by atoms with Gasteiger partial charge in [0.25, 0.3) is 11.8 Å². The van der Waals surface area contributed by atoms with Gasteiger partial charge in [0.2, 0.25) is 5.01 Å². The largest absolute Gasteiger partial charge is 0.417 e. The predicted molar refractivity (Wildman–Crippen MR) is 107 cm³/mol. The highest BCUT2D eigenvalue weighted by atomic mass is 32.1. The van der Waals surface area contributed by atoms with Crippen molar-refractivity contribution in [1.29, 1.82) is 0 Å². The van der Waals surface area contributed by atoms with Gasteiger partial charge in [-0.2, -0.15) is 13.2 Å². The smallest absolute Gasteiger partial charge is 0.354 e. The molecule has 0 aliphatic heterocycles. The SMILES string of the molecule is CNC(=O)c1cn(CC(F)CCc2nnc(C(=O)NCc3ccc(C(F)(F)F)cn3)s2)nn1. The molecule has 33 heavy (non-hydrogen) atoms. The molecule has 1 unspecified atom stereocenters. The van der Waals surface area contributed by atoms with Crippen molar-refractivity contribution in [2.75, 3.05) is 7.05 Å². The van der Waals surface area contributed by atoms with E-state index in [0.29, 0.717) is 11.2 Å². The minimum atomic E-state index is -4.49. The van der Waals surface area contributed by atoms with Gasteiger partial charge in [0.05, 0.1) is 30.5 Å². The number of hydrogen-bond donors (Lipinski definition) is 2. The molecule has 3 aromatic rings. The molecule has 15 heteroatoms. The molecule has 3 aromatic heterocycles. The molecule has 10 nitrogen and oxygen atoms in total. The Morgan fingerprint density at radius 3 is 2.64 bits per heavy atom. The van der Waals surface area contributed by atoms with E-state index in [4.69, 9.17) is 0 Å². The van der Waals surface area contributed by atoms with Crippen molar-refractivity contribution in [2.45, 2.75) is 38.3 Å². The number of halogens is 4. The summed E-state index contributed by atoms with van der Waals surface area (Å²) in [4.78, 5) is 27.3. The predicted octanol–water partition coefficient (Wildman–Crippen LogP) is 1.80. The van der Waals surface area contributed by atoms with E-state index in [-0.39, 0.29) is 42.3 Å². The van der Waals surface area contributed by atoms with Crippen molar-refractivity contribution in [2.24, 2.45) is 0 Å². The fourth-order valence-corrected chi connectivity index (χ4v) is 3.35. The van der Waals surface area contributed by atoms with E-state index < -0.39 is 29.7 Å². The molecular formula is C18H18F4N8O2S. The summed E-state index contributed by atoms with van der Waals surface area (Å²) in [6.45, 7) is -0.190. The first-order chi connectivity index (χ1) is 15.7. The summed E-state index contributed by atoms with van der Waals surface area (Å²) in [6, 6.07) is 2.05. The fourth-order valence-electron chi connectivity index (χ4n) is 2.58. The van der Waals surface area contributed by atoms with E-state index in [0.717, 1.165) is 17.4 Å². The summed E-state index contributed by atoms with van der Waals surface area (Å²) in [6.07, 6.45) is -3.44. The third-order valence-electron chi connectivity index (χ3n) is 4.30. The van der Waals surface area contributed by atoms with Gasteiger partial charge in [-0.15, -0.1) is 15.3 Å². The third kappa shape index (κ3) is 6.74. The Morgan fingerprint density at radius 2 is 1.97 bits per heavy atom. The molecule has 0 fully saturated rings. The number of rotatable bonds is 9. The Bertz CT molecular complexity index is 1100. The van der Waals surface area contributed by atoms with Crippen LogP contribution in [0.5, 0.6) is 0 Å². The molecule has 0 bridgehead atoms. The number of amides is 2. The summed E-state index contributed by atoms with van der Waals surface area (Å²) in [5.41, 5.74) is -0.557. The molecule has 0 aromatic carbocycles. The van der Waals surface area contributed by atoms with E-state index in [1.54, 1.807) is 0 Å². The summed E-state index contributed by atoms with van der Waals surface area (Å²) in [5.74, 6) is -0.994. The fraction of sp³-hybridized carbons (Fsp3) is 0.389. The molecule has 0 spiro atoms. The van der Waals surface area contributed by atoms with Gasteiger partial charge in [0, 0.05) is 19.7 Å². The van der Waals surface area contributed by atoms with Gasteiger partial charge in [-0.1, -0.05) is 16.6 Å². The van der Waals surface area contributed by atoms with Crippen LogP contribution < -0.4 is 10.6 Å². The number of nitrogens with one attached hydrogen (secondary N) is 2. The van der Waals surface area contributed by atoms with Crippen molar-refractivity contribution >= 4 is 23.2 Å². The van der Waals surface area contributed by atoms with E-state index in [1.807, 2.05) is 0 Å². The van der Waals surface area contributed by atoms with Crippen molar-refractivity contribution in [3.63, 3.8) is 0 Å². The molecule has 176 valence electrons. The average molecular weight is 486 g/mol. The van der Waals surface area contributed by atoms with Gasteiger partial charge in [-0.05, 0) is 18.6 Å². The van der Waals surface area contributed by atoms with E-state index >= 15 is 0 Å². The summed E-state index contributed by atoms with van der Waals surface area (Å²) >= 11 is 0.983. The molecule has 0 aliphatic rings. The van der Waals surface area contributed by atoms with E-state index in [2.05, 4.69) is 36.1 Å². The second-order valence-corrected chi connectivity index (χ2v) is 7.82. The zero-order valence-corrected chi connectivity index (χ0v) is 18.0. The van der Waals surface area contributed by atoms with Crippen LogP contribution in [0, 0.1) is 0 Å². The number of alkyl halides is 4. The minimum absolute atomic E-state index is 0.0406. The van der Waals surface area contributed by atoms with Crippen LogP contribution in [0.2, 0.25) is 0 Å². The van der Waals surface area contributed by atoms with Crippen LogP contribution in [-0.2, 0) is 25.7 Å². The van der Waals surface area contributed by atoms with Gasteiger partial charge in [-0.25, -0.2) is 9.07 Å². The standard InChI is InChI=1S/C18H18F4N8O2S/c1-23-15(31)13-9-30(29-26-13)8-11(19)3-5-14-27-28-17(33-14)16(32)25-7-12-4-2-10(6-24-12)18(20,21)22/h2,4,6,9,11H,3,5,7-8H2,1H3,(H,23,31)(H,25,32). The van der Waals surface area contributed by atoms with Gasteiger partial charge in [-0.3, -0.25) is 14.6 Å². The molecule has 0 aliphatic carbocycles. The Balaban J connectivity index is 1.45. The minimum Gasteiger partial charge on any atom is -0.354 e. The molecule has 0 saturated heterocycles. The number of aromatic nitrogens is 6. The number of aryl methyl sites for hydroxylation is 1. The molecule has 3 rings (SSSR count). The van der Waals surface area contributed by atoms with E-state index in [1.165, 1.54) is 24.0 Å². The average Bonchev–Trinajstić information content (AvgIpc) is 3.45. The molecule has 2 amide bonds. The maximum Gasteiger partial charge on any atom is 0.417 e. The van der Waals surface area contributed by atoms with E-state index in [9.17, 15) is 27.2 Å². The zero-order chi connectivity index (χ0) is 24.0. The van der Waals surface area contributed by atoms with Gasteiger partial charge in [0.15, 0.2) is 5.69 Å². The van der Waals surface area contributed by atoms with Crippen LogP contribution in [0.4, 0.5) is 17.6 Å². The van der Waals surface area contributed by atoms with Crippen LogP contribution in [0.15, 0.2) is 24.5 Å². The number of nitrogens with zero attached hydrogens (tertiary/aromatic N) is 6. The number of carbonyl (C=O) groups is 2.